The molecule has 1 unspecified atom stereocenters. The number of esters is 1. The third-order valence-corrected chi connectivity index (χ3v) is 5.63. The molecule has 3 aromatic rings. The third-order valence-electron chi connectivity index (χ3n) is 5.63. The van der Waals surface area contributed by atoms with E-state index < -0.39 is 5.82 Å². The number of nitrogens with two attached hydrogens (primary N) is 1. The van der Waals surface area contributed by atoms with Gasteiger partial charge in [-0.3, -0.25) is 14.6 Å². The van der Waals surface area contributed by atoms with Gasteiger partial charge in [0.25, 0.3) is 0 Å². The third kappa shape index (κ3) is 5.69. The van der Waals surface area contributed by atoms with Crippen molar-refractivity contribution in [3.05, 3.63) is 89.0 Å². The number of pyridine rings is 1. The highest BCUT2D eigenvalue weighted by atomic mass is 19.1. The lowest BCUT2D eigenvalue weighted by Gasteiger charge is -2.13. The van der Waals surface area contributed by atoms with Gasteiger partial charge in [-0.2, -0.15) is 0 Å². The summed E-state index contributed by atoms with van der Waals surface area (Å²) in [6.45, 7) is 1.34. The fourth-order valence-corrected chi connectivity index (χ4v) is 3.87. The van der Waals surface area contributed by atoms with Crippen LogP contribution in [-0.4, -0.2) is 36.1 Å². The number of aromatic nitrogens is 1. The van der Waals surface area contributed by atoms with Crippen LogP contribution in [0.5, 0.6) is 0 Å². The molecule has 1 aliphatic rings. The van der Waals surface area contributed by atoms with Crippen LogP contribution in [-0.2, 0) is 33.7 Å². The molecule has 0 aliphatic carbocycles. The van der Waals surface area contributed by atoms with Gasteiger partial charge in [0.05, 0.1) is 25.8 Å². The molecular weight excluding hydrogens is 423 g/mol. The highest BCUT2D eigenvalue weighted by Gasteiger charge is 2.20. The second-order valence-corrected chi connectivity index (χ2v) is 8.00. The number of ketones is 1. The quantitative estimate of drug-likeness (QED) is 0.418. The molecule has 2 heterocycles. The molecule has 1 fully saturated rings. The minimum absolute atomic E-state index is 0.0630. The summed E-state index contributed by atoms with van der Waals surface area (Å²) >= 11 is 0. The minimum atomic E-state index is -0.506. The Kier molecular flexibility index (Phi) is 7.22. The van der Waals surface area contributed by atoms with Crippen molar-refractivity contribution in [2.24, 2.45) is 5.73 Å². The molecular formula is C26H25FN2O4. The Morgan fingerprint density at radius 3 is 2.76 bits per heavy atom. The first-order chi connectivity index (χ1) is 16.0. The Morgan fingerprint density at radius 2 is 2.00 bits per heavy atom. The Morgan fingerprint density at radius 1 is 1.12 bits per heavy atom. The Bertz CT molecular complexity index is 1160. The Labute approximate surface area is 191 Å². The minimum Gasteiger partial charge on any atom is -0.460 e. The number of carbonyl (C=O) groups is 2. The lowest BCUT2D eigenvalue weighted by atomic mass is 9.93. The number of hydrogen-bond donors (Lipinski definition) is 1. The van der Waals surface area contributed by atoms with Crippen LogP contribution < -0.4 is 5.73 Å². The monoisotopic (exact) mass is 448 g/mol. The lowest BCUT2D eigenvalue weighted by Crippen LogP contribution is -2.19. The fraction of sp³-hybridized carbons (Fsp3) is 0.269. The molecule has 2 N–H and O–H groups in total. The van der Waals surface area contributed by atoms with Gasteiger partial charge in [-0.25, -0.2) is 4.39 Å². The molecule has 0 saturated carbocycles. The van der Waals surface area contributed by atoms with Crippen molar-refractivity contribution in [2.45, 2.75) is 31.9 Å². The molecule has 2 aromatic carbocycles. The molecule has 0 radical (unpaired) electrons. The molecule has 1 aromatic heterocycles. The fourth-order valence-electron chi connectivity index (χ4n) is 3.87. The van der Waals surface area contributed by atoms with E-state index in [4.69, 9.17) is 15.2 Å². The smallest absolute Gasteiger partial charge is 0.310 e. The molecule has 4 rings (SSSR count). The zero-order chi connectivity index (χ0) is 23.2. The van der Waals surface area contributed by atoms with E-state index in [1.165, 1.54) is 12.3 Å². The molecule has 0 amide bonds. The van der Waals surface area contributed by atoms with Crippen molar-refractivity contribution >= 4 is 11.8 Å². The predicted octanol–water partition coefficient (Wildman–Crippen LogP) is 3.65. The van der Waals surface area contributed by atoms with E-state index in [2.05, 4.69) is 4.98 Å². The van der Waals surface area contributed by atoms with Gasteiger partial charge in [0.1, 0.15) is 11.9 Å². The number of ether oxygens (including phenoxy) is 2. The first-order valence-corrected chi connectivity index (χ1v) is 10.8. The van der Waals surface area contributed by atoms with E-state index >= 15 is 0 Å². The summed E-state index contributed by atoms with van der Waals surface area (Å²) in [7, 11) is 0. The van der Waals surface area contributed by atoms with E-state index in [-0.39, 0.29) is 37.2 Å². The second kappa shape index (κ2) is 10.5. The largest absolute Gasteiger partial charge is 0.460 e. The summed E-state index contributed by atoms with van der Waals surface area (Å²) in [5.41, 5.74) is 10.0. The summed E-state index contributed by atoms with van der Waals surface area (Å²) in [6, 6.07) is 14.3. The van der Waals surface area contributed by atoms with Gasteiger partial charge in [0, 0.05) is 31.1 Å². The van der Waals surface area contributed by atoms with Gasteiger partial charge in [-0.05, 0) is 39.9 Å². The van der Waals surface area contributed by atoms with E-state index in [0.29, 0.717) is 24.3 Å². The van der Waals surface area contributed by atoms with Gasteiger partial charge in [-0.15, -0.1) is 0 Å². The van der Waals surface area contributed by atoms with E-state index in [9.17, 15) is 14.0 Å². The average Bonchev–Trinajstić information content (AvgIpc) is 3.33. The van der Waals surface area contributed by atoms with E-state index in [1.807, 2.05) is 30.3 Å². The average molecular weight is 448 g/mol. The second-order valence-electron chi connectivity index (χ2n) is 8.00. The molecule has 0 bridgehead atoms. The number of benzene rings is 2. The molecule has 1 atom stereocenters. The van der Waals surface area contributed by atoms with Crippen LogP contribution in [0.1, 0.15) is 33.5 Å². The van der Waals surface area contributed by atoms with Crippen LogP contribution in [0.15, 0.2) is 60.9 Å². The normalized spacial score (nSPS) is 15.4. The van der Waals surface area contributed by atoms with Crippen LogP contribution in [0.25, 0.3) is 11.1 Å². The first-order valence-electron chi connectivity index (χ1n) is 10.8. The van der Waals surface area contributed by atoms with Crippen LogP contribution in [0, 0.1) is 5.82 Å². The van der Waals surface area contributed by atoms with Gasteiger partial charge in [-0.1, -0.05) is 36.4 Å². The summed E-state index contributed by atoms with van der Waals surface area (Å²) < 4.78 is 24.6. The zero-order valence-electron chi connectivity index (χ0n) is 18.1. The summed E-state index contributed by atoms with van der Waals surface area (Å²) in [5, 5.41) is 0. The number of hydrogen-bond acceptors (Lipinski definition) is 6. The summed E-state index contributed by atoms with van der Waals surface area (Å²) in [4.78, 5) is 28.9. The van der Waals surface area contributed by atoms with Gasteiger partial charge >= 0.3 is 5.97 Å². The van der Waals surface area contributed by atoms with Crippen LogP contribution in [0.3, 0.4) is 0 Å². The molecule has 1 saturated heterocycles. The molecule has 1 aliphatic heterocycles. The van der Waals surface area contributed by atoms with Crippen LogP contribution >= 0.6 is 0 Å². The van der Waals surface area contributed by atoms with E-state index in [0.717, 1.165) is 34.9 Å². The molecule has 6 nitrogen and oxygen atoms in total. The number of nitrogens with zero attached hydrogens (tertiary/aromatic N) is 1. The Balaban J connectivity index is 1.55. The maximum absolute atomic E-state index is 13.9. The van der Waals surface area contributed by atoms with Crippen molar-refractivity contribution in [3.63, 3.8) is 0 Å². The number of halogens is 1. The van der Waals surface area contributed by atoms with Crippen molar-refractivity contribution < 1.29 is 23.5 Å². The van der Waals surface area contributed by atoms with E-state index in [1.54, 1.807) is 12.1 Å². The van der Waals surface area contributed by atoms with Gasteiger partial charge in [0.15, 0.2) is 5.78 Å². The van der Waals surface area contributed by atoms with Crippen LogP contribution in [0.4, 0.5) is 4.39 Å². The number of Topliss-reactive ketones (excluding diaryl/α,β-unsaturated/α-hetero) is 1. The van der Waals surface area contributed by atoms with Gasteiger partial charge in [0.2, 0.25) is 0 Å². The summed E-state index contributed by atoms with van der Waals surface area (Å²) in [5.74, 6) is -1.01. The van der Waals surface area contributed by atoms with Crippen LogP contribution in [0.2, 0.25) is 0 Å². The molecule has 170 valence electrons. The molecule has 0 spiro atoms. The maximum atomic E-state index is 13.9. The molecule has 7 heteroatoms. The van der Waals surface area contributed by atoms with Crippen molar-refractivity contribution in [2.75, 3.05) is 13.2 Å². The SMILES string of the molecule is NCc1ccc(C(=O)Cc2ccncc2F)cc1-c1cccc(CC(=O)OC2CCOC2)c1. The molecule has 33 heavy (non-hydrogen) atoms. The lowest BCUT2D eigenvalue weighted by molar-refractivity contribution is -0.148. The Hall–Kier alpha value is -3.42. The first kappa shape index (κ1) is 22.8. The van der Waals surface area contributed by atoms with Crippen molar-refractivity contribution in [1.82, 2.24) is 4.98 Å². The summed E-state index contributed by atoms with van der Waals surface area (Å²) in [6.07, 6.45) is 3.18. The van der Waals surface area contributed by atoms with Gasteiger partial charge < -0.3 is 15.2 Å². The number of carbonyl (C=O) groups excluding carboxylic acids is 2. The van der Waals surface area contributed by atoms with Crippen molar-refractivity contribution in [1.29, 1.82) is 0 Å². The highest BCUT2D eigenvalue weighted by Crippen LogP contribution is 2.27. The van der Waals surface area contributed by atoms with Crippen molar-refractivity contribution in [3.8, 4) is 11.1 Å². The standard InChI is InChI=1S/C26H25FN2O4/c27-24-15-29-8-6-19(24)13-25(30)20-4-5-21(14-28)23(12-20)18-3-1-2-17(10-18)11-26(31)33-22-7-9-32-16-22/h1-6,8,10,12,15,22H,7,9,11,13-14,16,28H2. The zero-order valence-corrected chi connectivity index (χ0v) is 18.1. The maximum Gasteiger partial charge on any atom is 0.310 e. The topological polar surface area (TPSA) is 91.5 Å². The predicted molar refractivity (Wildman–Crippen MR) is 121 cm³/mol. The number of rotatable bonds is 8. The highest BCUT2D eigenvalue weighted by molar-refractivity contribution is 5.98.